The first-order chi connectivity index (χ1) is 11.9. The highest BCUT2D eigenvalue weighted by Crippen LogP contribution is 2.27. The van der Waals surface area contributed by atoms with E-state index in [1.807, 2.05) is 68.4 Å². The van der Waals surface area contributed by atoms with Crippen LogP contribution >= 0.6 is 27.7 Å². The molecule has 0 fully saturated rings. The molecule has 0 saturated carbocycles. The summed E-state index contributed by atoms with van der Waals surface area (Å²) in [4.78, 5) is 21.6. The lowest BCUT2D eigenvalue weighted by molar-refractivity contribution is -0.113. The summed E-state index contributed by atoms with van der Waals surface area (Å²) < 4.78 is 1.02. The Hall–Kier alpha value is -1.92. The van der Waals surface area contributed by atoms with Crippen LogP contribution < -0.4 is 5.32 Å². The maximum absolute atomic E-state index is 12.2. The first-order valence-corrected chi connectivity index (χ1v) is 9.64. The van der Waals surface area contributed by atoms with Crippen LogP contribution in [0.5, 0.6) is 0 Å². The zero-order valence-corrected chi connectivity index (χ0v) is 16.4. The monoisotopic (exact) mass is 415 g/mol. The van der Waals surface area contributed by atoms with Gasteiger partial charge in [-0.3, -0.25) is 9.79 Å². The zero-order chi connectivity index (χ0) is 17.9. The molecule has 0 saturated heterocycles. The molecule has 2 aromatic carbocycles. The second-order valence-corrected chi connectivity index (χ2v) is 7.96. The Morgan fingerprint density at radius 1 is 1.08 bits per heavy atom. The molecule has 1 amide bonds. The largest absolute Gasteiger partial charge is 0.325 e. The SMILES string of the molecule is CC1(C)N=C(SCC(=O)Nc2ccccc2)C(c2ccc(Br)cc2)=N1. The molecule has 0 radical (unpaired) electrons. The third kappa shape index (κ3) is 4.80. The number of para-hydroxylation sites is 1. The summed E-state index contributed by atoms with van der Waals surface area (Å²) in [5.74, 6) is 0.234. The number of amides is 1. The Bertz CT molecular complexity index is 830. The van der Waals surface area contributed by atoms with Crippen molar-refractivity contribution in [3.8, 4) is 0 Å². The molecule has 3 rings (SSSR count). The maximum atomic E-state index is 12.2. The van der Waals surface area contributed by atoms with Crippen LogP contribution in [0.15, 0.2) is 69.1 Å². The molecule has 0 bridgehead atoms. The summed E-state index contributed by atoms with van der Waals surface area (Å²) in [6.07, 6.45) is 0. The number of hydrogen-bond acceptors (Lipinski definition) is 4. The lowest BCUT2D eigenvalue weighted by Gasteiger charge is -2.07. The summed E-state index contributed by atoms with van der Waals surface area (Å²) in [5, 5.41) is 3.69. The molecular formula is C19H18BrN3OS. The number of halogens is 1. The first-order valence-electron chi connectivity index (χ1n) is 7.87. The quantitative estimate of drug-likeness (QED) is 0.782. The minimum Gasteiger partial charge on any atom is -0.325 e. The van der Waals surface area contributed by atoms with E-state index in [1.165, 1.54) is 11.8 Å². The minimum atomic E-state index is -0.499. The molecule has 0 spiro atoms. The van der Waals surface area contributed by atoms with Gasteiger partial charge in [0.2, 0.25) is 5.91 Å². The number of carbonyl (C=O) groups excluding carboxylic acids is 1. The van der Waals surface area contributed by atoms with E-state index >= 15 is 0 Å². The molecule has 0 atom stereocenters. The normalized spacial score (nSPS) is 15.5. The van der Waals surface area contributed by atoms with E-state index < -0.39 is 5.66 Å². The number of benzene rings is 2. The van der Waals surface area contributed by atoms with Gasteiger partial charge in [-0.1, -0.05) is 58.0 Å². The molecule has 1 aliphatic rings. The van der Waals surface area contributed by atoms with Crippen LogP contribution in [0, 0.1) is 0 Å². The Kier molecular flexibility index (Phi) is 5.39. The van der Waals surface area contributed by atoms with Gasteiger partial charge in [0.25, 0.3) is 0 Å². The van der Waals surface area contributed by atoms with Crippen LogP contribution in [0.4, 0.5) is 5.69 Å². The van der Waals surface area contributed by atoms with E-state index in [1.54, 1.807) is 0 Å². The van der Waals surface area contributed by atoms with Gasteiger partial charge in [-0.25, -0.2) is 4.99 Å². The van der Waals surface area contributed by atoms with Gasteiger partial charge in [-0.05, 0) is 38.1 Å². The number of rotatable bonds is 4. The van der Waals surface area contributed by atoms with Crippen LogP contribution in [0.25, 0.3) is 0 Å². The lowest BCUT2D eigenvalue weighted by atomic mass is 10.1. The van der Waals surface area contributed by atoms with Gasteiger partial charge in [0.15, 0.2) is 0 Å². The molecule has 0 aromatic heterocycles. The molecule has 6 heteroatoms. The van der Waals surface area contributed by atoms with Crippen LogP contribution in [-0.4, -0.2) is 28.1 Å². The number of nitrogens with zero attached hydrogens (tertiary/aromatic N) is 2. The summed E-state index contributed by atoms with van der Waals surface area (Å²) >= 11 is 4.86. The predicted molar refractivity (Wildman–Crippen MR) is 110 cm³/mol. The van der Waals surface area contributed by atoms with E-state index in [0.717, 1.165) is 26.5 Å². The van der Waals surface area contributed by atoms with Crippen molar-refractivity contribution >= 4 is 50.0 Å². The summed E-state index contributed by atoms with van der Waals surface area (Å²) in [7, 11) is 0. The first kappa shape index (κ1) is 17.9. The van der Waals surface area contributed by atoms with Crippen molar-refractivity contribution in [3.63, 3.8) is 0 Å². The fraction of sp³-hybridized carbons (Fsp3) is 0.211. The fourth-order valence-corrected chi connectivity index (χ4v) is 3.59. The van der Waals surface area contributed by atoms with Crippen LogP contribution in [-0.2, 0) is 4.79 Å². The topological polar surface area (TPSA) is 53.8 Å². The molecule has 4 nitrogen and oxygen atoms in total. The highest BCUT2D eigenvalue weighted by molar-refractivity contribution is 9.10. The number of aliphatic imine (C=N–C) groups is 2. The number of carbonyl (C=O) groups is 1. The van der Waals surface area contributed by atoms with E-state index in [0.29, 0.717) is 5.75 Å². The lowest BCUT2D eigenvalue weighted by Crippen LogP contribution is -2.17. The van der Waals surface area contributed by atoms with E-state index in [-0.39, 0.29) is 5.91 Å². The van der Waals surface area contributed by atoms with Crippen molar-refractivity contribution in [2.75, 3.05) is 11.1 Å². The molecule has 25 heavy (non-hydrogen) atoms. The van der Waals surface area contributed by atoms with Gasteiger partial charge in [-0.15, -0.1) is 0 Å². The van der Waals surface area contributed by atoms with Gasteiger partial charge < -0.3 is 5.32 Å². The standard InChI is InChI=1S/C19H18BrN3OS/c1-19(2)22-17(13-8-10-14(20)11-9-13)18(23-19)25-12-16(24)21-15-6-4-3-5-7-15/h3-11H,12H2,1-2H3,(H,21,24). The van der Waals surface area contributed by atoms with Gasteiger partial charge in [0.05, 0.1) is 11.5 Å². The predicted octanol–water partition coefficient (Wildman–Crippen LogP) is 4.76. The number of anilines is 1. The Balaban J connectivity index is 1.69. The average molecular weight is 416 g/mol. The highest BCUT2D eigenvalue weighted by Gasteiger charge is 2.28. The molecule has 1 heterocycles. The highest BCUT2D eigenvalue weighted by atomic mass is 79.9. The van der Waals surface area contributed by atoms with Gasteiger partial charge >= 0.3 is 0 Å². The molecule has 1 N–H and O–H groups in total. The third-order valence-corrected chi connectivity index (χ3v) is 4.97. The molecule has 128 valence electrons. The van der Waals surface area contributed by atoms with E-state index in [9.17, 15) is 4.79 Å². The van der Waals surface area contributed by atoms with Crippen LogP contribution in [0.2, 0.25) is 0 Å². The van der Waals surface area contributed by atoms with Crippen molar-refractivity contribution in [2.45, 2.75) is 19.5 Å². The number of nitrogens with one attached hydrogen (secondary N) is 1. The smallest absolute Gasteiger partial charge is 0.234 e. The number of thioether (sulfide) groups is 1. The van der Waals surface area contributed by atoms with Gasteiger partial charge in [0.1, 0.15) is 10.7 Å². The maximum Gasteiger partial charge on any atom is 0.234 e. The van der Waals surface area contributed by atoms with Crippen molar-refractivity contribution in [1.82, 2.24) is 0 Å². The zero-order valence-electron chi connectivity index (χ0n) is 14.0. The van der Waals surface area contributed by atoms with Gasteiger partial charge in [-0.2, -0.15) is 0 Å². The Morgan fingerprint density at radius 2 is 1.76 bits per heavy atom. The molecular weight excluding hydrogens is 398 g/mol. The van der Waals surface area contributed by atoms with Crippen LogP contribution in [0.1, 0.15) is 19.4 Å². The second-order valence-electron chi connectivity index (χ2n) is 6.08. The Labute approximate surface area is 160 Å². The molecule has 1 aliphatic heterocycles. The molecule has 0 unspecified atom stereocenters. The second kappa shape index (κ2) is 7.54. The fourth-order valence-electron chi connectivity index (χ4n) is 2.40. The Morgan fingerprint density at radius 3 is 2.44 bits per heavy atom. The third-order valence-electron chi connectivity index (χ3n) is 3.48. The number of hydrogen-bond donors (Lipinski definition) is 1. The van der Waals surface area contributed by atoms with Crippen molar-refractivity contribution in [3.05, 3.63) is 64.6 Å². The van der Waals surface area contributed by atoms with E-state index in [2.05, 4.69) is 26.2 Å². The van der Waals surface area contributed by atoms with Crippen molar-refractivity contribution in [2.24, 2.45) is 9.98 Å². The summed E-state index contributed by atoms with van der Waals surface area (Å²) in [6.45, 7) is 3.92. The van der Waals surface area contributed by atoms with Crippen LogP contribution in [0.3, 0.4) is 0 Å². The average Bonchev–Trinajstić information content (AvgIpc) is 2.89. The molecule has 2 aromatic rings. The van der Waals surface area contributed by atoms with Gasteiger partial charge in [0, 0.05) is 15.7 Å². The van der Waals surface area contributed by atoms with Crippen molar-refractivity contribution < 1.29 is 4.79 Å². The minimum absolute atomic E-state index is 0.0567. The summed E-state index contributed by atoms with van der Waals surface area (Å²) in [6, 6.07) is 17.4. The molecule has 0 aliphatic carbocycles. The summed E-state index contributed by atoms with van der Waals surface area (Å²) in [5.41, 5.74) is 2.14. The van der Waals surface area contributed by atoms with Crippen molar-refractivity contribution in [1.29, 1.82) is 0 Å². The van der Waals surface area contributed by atoms with E-state index in [4.69, 9.17) is 4.99 Å².